The zero-order valence-electron chi connectivity index (χ0n) is 9.63. The van der Waals surface area contributed by atoms with E-state index in [0.717, 1.165) is 11.1 Å². The van der Waals surface area contributed by atoms with E-state index >= 15 is 0 Å². The first-order valence-corrected chi connectivity index (χ1v) is 7.00. The molecule has 1 heterocycles. The van der Waals surface area contributed by atoms with Gasteiger partial charge in [-0.1, -0.05) is 29.8 Å². The lowest BCUT2D eigenvalue weighted by atomic mass is 9.43. The fourth-order valence-electron chi connectivity index (χ4n) is 4.02. The molecule has 4 heteroatoms. The molecule has 1 saturated heterocycles. The van der Waals surface area contributed by atoms with Gasteiger partial charge >= 0.3 is 7.12 Å². The molecular formula is C11H18BBrO2. The van der Waals surface area contributed by atoms with E-state index in [1.54, 1.807) is 0 Å². The quantitative estimate of drug-likeness (QED) is 0.540. The van der Waals surface area contributed by atoms with E-state index in [-0.39, 0.29) is 12.7 Å². The maximum atomic E-state index is 6.12. The highest BCUT2D eigenvalue weighted by molar-refractivity contribution is 9.09. The summed E-state index contributed by atoms with van der Waals surface area (Å²) in [5.74, 6) is 1.52. The Kier molecular flexibility index (Phi) is 2.14. The zero-order valence-corrected chi connectivity index (χ0v) is 11.2. The van der Waals surface area contributed by atoms with Gasteiger partial charge in [0.25, 0.3) is 0 Å². The predicted molar refractivity (Wildman–Crippen MR) is 63.9 cm³/mol. The lowest BCUT2D eigenvalue weighted by Gasteiger charge is -2.64. The summed E-state index contributed by atoms with van der Waals surface area (Å²) >= 11 is 3.45. The van der Waals surface area contributed by atoms with Crippen molar-refractivity contribution in [2.45, 2.75) is 45.3 Å². The lowest BCUT2D eigenvalue weighted by Crippen LogP contribution is -2.65. The molecule has 4 rings (SSSR count). The van der Waals surface area contributed by atoms with E-state index in [1.165, 1.54) is 12.8 Å². The number of hydrogen-bond acceptors (Lipinski definition) is 2. The number of alkyl halides is 1. The zero-order chi connectivity index (χ0) is 10.8. The minimum Gasteiger partial charge on any atom is -0.405 e. The molecule has 3 saturated carbocycles. The Bertz CT molecular complexity index is 296. The highest BCUT2D eigenvalue weighted by Crippen LogP contribution is 2.65. The van der Waals surface area contributed by atoms with Crippen molar-refractivity contribution in [2.24, 2.45) is 17.3 Å². The molecule has 84 valence electrons. The molecule has 1 aliphatic heterocycles. The van der Waals surface area contributed by atoms with Crippen LogP contribution in [0.3, 0.4) is 0 Å². The Labute approximate surface area is 100 Å². The van der Waals surface area contributed by atoms with Gasteiger partial charge in [-0.05, 0) is 37.0 Å². The second-order valence-corrected chi connectivity index (χ2v) is 6.70. The van der Waals surface area contributed by atoms with Crippen LogP contribution in [0.2, 0.25) is 0 Å². The van der Waals surface area contributed by atoms with Crippen molar-refractivity contribution in [3.8, 4) is 0 Å². The van der Waals surface area contributed by atoms with Gasteiger partial charge in [0.15, 0.2) is 0 Å². The van der Waals surface area contributed by atoms with Crippen molar-refractivity contribution in [1.82, 2.24) is 0 Å². The Morgan fingerprint density at radius 1 is 1.33 bits per heavy atom. The van der Waals surface area contributed by atoms with Crippen molar-refractivity contribution < 1.29 is 9.31 Å². The van der Waals surface area contributed by atoms with Crippen LogP contribution in [0.5, 0.6) is 0 Å². The van der Waals surface area contributed by atoms with E-state index in [9.17, 15) is 0 Å². The van der Waals surface area contributed by atoms with E-state index in [0.29, 0.717) is 17.4 Å². The average Bonchev–Trinajstić information content (AvgIpc) is 2.53. The predicted octanol–water partition coefficient (Wildman–Crippen LogP) is 2.65. The maximum absolute atomic E-state index is 6.12. The van der Waals surface area contributed by atoms with Crippen LogP contribution in [0.25, 0.3) is 0 Å². The van der Waals surface area contributed by atoms with Crippen molar-refractivity contribution >= 4 is 23.0 Å². The van der Waals surface area contributed by atoms with Crippen molar-refractivity contribution in [2.75, 3.05) is 5.23 Å². The minimum absolute atomic E-state index is 0.0311. The summed E-state index contributed by atoms with van der Waals surface area (Å²) < 4.78 is 12.1. The van der Waals surface area contributed by atoms with Gasteiger partial charge in [0, 0.05) is 5.23 Å². The average molecular weight is 273 g/mol. The third-order valence-electron chi connectivity index (χ3n) is 5.13. The molecule has 0 unspecified atom stereocenters. The number of rotatable bonds is 1. The molecule has 0 spiro atoms. The van der Waals surface area contributed by atoms with Gasteiger partial charge in [-0.15, -0.1) is 0 Å². The Morgan fingerprint density at radius 3 is 2.67 bits per heavy atom. The van der Waals surface area contributed by atoms with Gasteiger partial charge in [0.1, 0.15) is 0 Å². The molecule has 4 atom stereocenters. The van der Waals surface area contributed by atoms with Gasteiger partial charge in [0.05, 0.1) is 11.7 Å². The third kappa shape index (κ3) is 1.19. The van der Waals surface area contributed by atoms with Gasteiger partial charge in [-0.3, -0.25) is 0 Å². The highest BCUT2D eigenvalue weighted by Gasteiger charge is 2.67. The van der Waals surface area contributed by atoms with Crippen LogP contribution >= 0.6 is 15.9 Å². The van der Waals surface area contributed by atoms with Crippen LogP contribution in [0.15, 0.2) is 0 Å². The summed E-state index contributed by atoms with van der Waals surface area (Å²) in [6.07, 6.45) is 2.85. The third-order valence-corrected chi connectivity index (χ3v) is 5.66. The first kappa shape index (κ1) is 10.6. The molecule has 2 bridgehead atoms. The molecule has 15 heavy (non-hydrogen) atoms. The molecule has 0 N–H and O–H groups in total. The maximum Gasteiger partial charge on any atom is 0.468 e. The van der Waals surface area contributed by atoms with E-state index in [2.05, 4.69) is 36.7 Å². The molecule has 4 fully saturated rings. The second-order valence-electron chi connectivity index (χ2n) is 6.05. The van der Waals surface area contributed by atoms with Gasteiger partial charge in [0.2, 0.25) is 0 Å². The Morgan fingerprint density at radius 2 is 2.07 bits per heavy atom. The van der Waals surface area contributed by atoms with Crippen LogP contribution in [-0.2, 0) is 9.31 Å². The Hall–Kier alpha value is 0.465. The molecule has 0 radical (unpaired) electrons. The molecule has 0 aromatic heterocycles. The molecule has 2 nitrogen and oxygen atoms in total. The van der Waals surface area contributed by atoms with Crippen molar-refractivity contribution in [3.05, 3.63) is 0 Å². The lowest BCUT2D eigenvalue weighted by molar-refractivity contribution is -0.199. The van der Waals surface area contributed by atoms with Gasteiger partial charge in [-0.25, -0.2) is 0 Å². The molecule has 0 aromatic rings. The van der Waals surface area contributed by atoms with E-state index in [1.807, 2.05) is 0 Å². The fraction of sp³-hybridized carbons (Fsp3) is 1.00. The van der Waals surface area contributed by atoms with Crippen molar-refractivity contribution in [1.29, 1.82) is 0 Å². The van der Waals surface area contributed by atoms with E-state index < -0.39 is 0 Å². The fourth-order valence-corrected chi connectivity index (χ4v) is 4.30. The summed E-state index contributed by atoms with van der Waals surface area (Å²) in [5.41, 5.74) is 0.423. The molecular weight excluding hydrogens is 255 g/mol. The first-order chi connectivity index (χ1) is 6.98. The summed E-state index contributed by atoms with van der Waals surface area (Å²) in [6, 6.07) is 0. The Balaban J connectivity index is 1.89. The van der Waals surface area contributed by atoms with Gasteiger partial charge < -0.3 is 9.31 Å². The number of halogens is 1. The van der Waals surface area contributed by atoms with Crippen LogP contribution < -0.4 is 0 Å². The monoisotopic (exact) mass is 272 g/mol. The number of hydrogen-bond donors (Lipinski definition) is 0. The second kappa shape index (κ2) is 3.02. The summed E-state index contributed by atoms with van der Waals surface area (Å²) in [4.78, 5) is 0. The molecule has 0 amide bonds. The van der Waals surface area contributed by atoms with Crippen molar-refractivity contribution in [3.63, 3.8) is 0 Å². The summed E-state index contributed by atoms with van der Waals surface area (Å²) in [5, 5.41) is 0.789. The SMILES string of the molecule is CC1(C)[C@@H]2C[C@H]3OB(CBr)O[C@@]3(C)[C@H]1C2. The summed E-state index contributed by atoms with van der Waals surface area (Å²) in [6.45, 7) is 7.03. The topological polar surface area (TPSA) is 18.5 Å². The minimum atomic E-state index is -0.0323. The smallest absolute Gasteiger partial charge is 0.405 e. The summed E-state index contributed by atoms with van der Waals surface area (Å²) in [7, 11) is -0.0323. The molecule has 4 aliphatic rings. The normalized spacial score (nSPS) is 51.2. The van der Waals surface area contributed by atoms with Gasteiger partial charge in [-0.2, -0.15) is 0 Å². The highest BCUT2D eigenvalue weighted by atomic mass is 79.9. The van der Waals surface area contributed by atoms with Crippen LogP contribution in [0.4, 0.5) is 0 Å². The van der Waals surface area contributed by atoms with Crippen LogP contribution in [0.1, 0.15) is 33.6 Å². The standard InChI is InChI=1S/C11H18BBrO2/c1-10(2)7-4-8(10)11(3)9(5-7)14-12(6-13)15-11/h7-9H,4-6H2,1-3H3/t7-,8-,9+,11-/m0/s1. The first-order valence-electron chi connectivity index (χ1n) is 5.87. The van der Waals surface area contributed by atoms with Crippen LogP contribution in [-0.4, -0.2) is 24.1 Å². The largest absolute Gasteiger partial charge is 0.468 e. The van der Waals surface area contributed by atoms with Crippen LogP contribution in [0, 0.1) is 17.3 Å². The molecule has 0 aromatic carbocycles. The molecule has 3 aliphatic carbocycles. The van der Waals surface area contributed by atoms with E-state index in [4.69, 9.17) is 9.31 Å².